The lowest BCUT2D eigenvalue weighted by Crippen LogP contribution is -2.42. The molecule has 3 rings (SSSR count). The van der Waals surface area contributed by atoms with Gasteiger partial charge in [0.25, 0.3) is 0 Å². The van der Waals surface area contributed by atoms with Gasteiger partial charge in [-0.2, -0.15) is 0 Å². The molecule has 1 aliphatic heterocycles. The van der Waals surface area contributed by atoms with Crippen LogP contribution in [0.4, 0.5) is 4.39 Å². The van der Waals surface area contributed by atoms with Crippen LogP contribution in [0.15, 0.2) is 53.5 Å². The standard InChI is InChI=1S/C20H20FNO2/c1-19(2,3)24-18(23)20(12-14-8-4-6-10-16(14)21)13-15-9-5-7-11-17(15)22-20/h4-11,13H,12H2,1-3H3. The summed E-state index contributed by atoms with van der Waals surface area (Å²) in [6.45, 7) is 5.43. The summed E-state index contributed by atoms with van der Waals surface area (Å²) in [6.07, 6.45) is 1.91. The highest BCUT2D eigenvalue weighted by molar-refractivity contribution is 5.90. The largest absolute Gasteiger partial charge is 0.458 e. The number of fused-ring (bicyclic) bond motifs is 1. The van der Waals surface area contributed by atoms with E-state index in [1.165, 1.54) is 6.07 Å². The molecular formula is C20H20FNO2. The van der Waals surface area contributed by atoms with Crippen molar-refractivity contribution >= 4 is 12.0 Å². The lowest BCUT2D eigenvalue weighted by atomic mass is 9.91. The van der Waals surface area contributed by atoms with Crippen molar-refractivity contribution in [2.45, 2.75) is 38.3 Å². The Morgan fingerprint density at radius 3 is 2.46 bits per heavy atom. The van der Waals surface area contributed by atoms with Gasteiger partial charge in [-0.15, -0.1) is 0 Å². The van der Waals surface area contributed by atoms with E-state index in [-0.39, 0.29) is 12.2 Å². The van der Waals surface area contributed by atoms with E-state index in [2.05, 4.69) is 4.99 Å². The zero-order chi connectivity index (χ0) is 17.4. The third kappa shape index (κ3) is 3.23. The Morgan fingerprint density at radius 2 is 1.79 bits per heavy atom. The number of carbonyl (C=O) groups is 1. The molecule has 0 saturated carbocycles. The van der Waals surface area contributed by atoms with Crippen LogP contribution in [0.5, 0.6) is 0 Å². The molecule has 1 atom stereocenters. The third-order valence-electron chi connectivity index (χ3n) is 3.82. The van der Waals surface area contributed by atoms with Gasteiger partial charge in [0, 0.05) is 6.42 Å². The SMILES string of the molecule is CC(C)(C)OC(=O)C1(Cc2ccccc2F)C=c2ccccc2=N1. The average molecular weight is 325 g/mol. The molecule has 0 amide bonds. The zero-order valence-electron chi connectivity index (χ0n) is 14.0. The van der Waals surface area contributed by atoms with E-state index in [4.69, 9.17) is 4.74 Å². The molecule has 3 nitrogen and oxygen atoms in total. The number of para-hydroxylation sites is 1. The van der Waals surface area contributed by atoms with E-state index < -0.39 is 17.1 Å². The van der Waals surface area contributed by atoms with Gasteiger partial charge in [-0.3, -0.25) is 4.99 Å². The number of ether oxygens (including phenoxy) is 1. The minimum absolute atomic E-state index is 0.128. The lowest BCUT2D eigenvalue weighted by molar-refractivity contribution is -0.158. The van der Waals surface area contributed by atoms with Gasteiger partial charge < -0.3 is 4.74 Å². The van der Waals surface area contributed by atoms with Crippen LogP contribution in [0.1, 0.15) is 26.3 Å². The predicted molar refractivity (Wildman–Crippen MR) is 90.4 cm³/mol. The number of hydrogen-bond donors (Lipinski definition) is 0. The first-order valence-corrected chi connectivity index (χ1v) is 7.94. The van der Waals surface area contributed by atoms with Gasteiger partial charge in [-0.05, 0) is 49.8 Å². The maximum Gasteiger partial charge on any atom is 0.338 e. The molecule has 0 saturated heterocycles. The summed E-state index contributed by atoms with van der Waals surface area (Å²) in [5.74, 6) is -0.811. The Labute approximate surface area is 140 Å². The fourth-order valence-electron chi connectivity index (χ4n) is 2.78. The molecule has 24 heavy (non-hydrogen) atoms. The minimum atomic E-state index is -1.24. The van der Waals surface area contributed by atoms with Gasteiger partial charge in [0.1, 0.15) is 11.4 Å². The van der Waals surface area contributed by atoms with Crippen LogP contribution in [-0.4, -0.2) is 17.1 Å². The molecule has 0 aliphatic carbocycles. The maximum atomic E-state index is 14.1. The Bertz CT molecular complexity index is 861. The van der Waals surface area contributed by atoms with E-state index in [1.807, 2.05) is 45.0 Å². The van der Waals surface area contributed by atoms with Gasteiger partial charge in [0.15, 0.2) is 5.54 Å². The minimum Gasteiger partial charge on any atom is -0.458 e. The predicted octanol–water partition coefficient (Wildman–Crippen LogP) is 2.56. The Kier molecular flexibility index (Phi) is 3.99. The quantitative estimate of drug-likeness (QED) is 0.814. The zero-order valence-corrected chi connectivity index (χ0v) is 14.0. The second kappa shape index (κ2) is 5.86. The van der Waals surface area contributed by atoms with Gasteiger partial charge in [0.2, 0.25) is 0 Å². The van der Waals surface area contributed by atoms with Crippen molar-refractivity contribution in [1.82, 2.24) is 0 Å². The molecule has 124 valence electrons. The van der Waals surface area contributed by atoms with E-state index in [0.29, 0.717) is 5.56 Å². The van der Waals surface area contributed by atoms with Gasteiger partial charge >= 0.3 is 5.97 Å². The maximum absolute atomic E-state index is 14.1. The number of rotatable bonds is 3. The van der Waals surface area contributed by atoms with Crippen LogP contribution in [0.2, 0.25) is 0 Å². The van der Waals surface area contributed by atoms with Crippen LogP contribution >= 0.6 is 0 Å². The van der Waals surface area contributed by atoms with E-state index >= 15 is 0 Å². The number of nitrogens with zero attached hydrogens (tertiary/aromatic N) is 1. The van der Waals surface area contributed by atoms with Crippen molar-refractivity contribution < 1.29 is 13.9 Å². The summed E-state index contributed by atoms with van der Waals surface area (Å²) in [7, 11) is 0. The number of halogens is 1. The Hall–Kier alpha value is -2.49. The molecule has 0 fully saturated rings. The summed E-state index contributed by atoms with van der Waals surface area (Å²) < 4.78 is 19.7. The van der Waals surface area contributed by atoms with E-state index in [9.17, 15) is 9.18 Å². The van der Waals surface area contributed by atoms with Crippen LogP contribution in [0, 0.1) is 5.82 Å². The molecule has 2 aromatic rings. The summed E-state index contributed by atoms with van der Waals surface area (Å²) in [5.41, 5.74) is -1.44. The van der Waals surface area contributed by atoms with E-state index in [1.54, 1.807) is 24.3 Å². The highest BCUT2D eigenvalue weighted by Crippen LogP contribution is 2.27. The Morgan fingerprint density at radius 1 is 1.12 bits per heavy atom. The van der Waals surface area contributed by atoms with Crippen molar-refractivity contribution in [3.63, 3.8) is 0 Å². The van der Waals surface area contributed by atoms with Gasteiger partial charge in [-0.25, -0.2) is 9.18 Å². The lowest BCUT2D eigenvalue weighted by Gasteiger charge is -2.28. The molecule has 0 bridgehead atoms. The van der Waals surface area contributed by atoms with Crippen molar-refractivity contribution in [1.29, 1.82) is 0 Å². The monoisotopic (exact) mass is 325 g/mol. The normalized spacial score (nSPS) is 19.2. The van der Waals surface area contributed by atoms with Crippen LogP contribution < -0.4 is 10.6 Å². The molecule has 0 radical (unpaired) electrons. The topological polar surface area (TPSA) is 38.7 Å². The molecule has 4 heteroatoms. The molecule has 2 aromatic carbocycles. The summed E-state index contributed by atoms with van der Waals surface area (Å²) in [4.78, 5) is 17.5. The summed E-state index contributed by atoms with van der Waals surface area (Å²) in [5, 5.41) is 1.58. The number of hydrogen-bond acceptors (Lipinski definition) is 3. The highest BCUT2D eigenvalue weighted by atomic mass is 19.1. The van der Waals surface area contributed by atoms with Crippen molar-refractivity contribution in [2.24, 2.45) is 4.99 Å². The first-order valence-electron chi connectivity index (χ1n) is 7.94. The van der Waals surface area contributed by atoms with Crippen LogP contribution in [0.3, 0.4) is 0 Å². The van der Waals surface area contributed by atoms with Crippen molar-refractivity contribution in [3.8, 4) is 0 Å². The third-order valence-corrected chi connectivity index (χ3v) is 3.82. The second-order valence-corrected chi connectivity index (χ2v) is 7.01. The van der Waals surface area contributed by atoms with Gasteiger partial charge in [-0.1, -0.05) is 36.4 Å². The molecule has 0 N–H and O–H groups in total. The van der Waals surface area contributed by atoms with Gasteiger partial charge in [0.05, 0.1) is 5.36 Å². The molecule has 0 spiro atoms. The van der Waals surface area contributed by atoms with Crippen molar-refractivity contribution in [3.05, 3.63) is 70.5 Å². The summed E-state index contributed by atoms with van der Waals surface area (Å²) in [6, 6.07) is 13.9. The molecule has 1 aliphatic rings. The smallest absolute Gasteiger partial charge is 0.338 e. The fourth-order valence-corrected chi connectivity index (χ4v) is 2.78. The van der Waals surface area contributed by atoms with Crippen LogP contribution in [0.25, 0.3) is 6.08 Å². The van der Waals surface area contributed by atoms with E-state index in [0.717, 1.165) is 10.6 Å². The average Bonchev–Trinajstić information content (AvgIpc) is 2.87. The number of carbonyl (C=O) groups excluding carboxylic acids is 1. The Balaban J connectivity index is 2.08. The summed E-state index contributed by atoms with van der Waals surface area (Å²) >= 11 is 0. The molecule has 0 aromatic heterocycles. The van der Waals surface area contributed by atoms with Crippen molar-refractivity contribution in [2.75, 3.05) is 0 Å². The molecule has 1 heterocycles. The fraction of sp³-hybridized carbons (Fsp3) is 0.300. The van der Waals surface area contributed by atoms with Crippen LogP contribution in [-0.2, 0) is 16.0 Å². The number of esters is 1. The highest BCUT2D eigenvalue weighted by Gasteiger charge is 2.42. The first kappa shape index (κ1) is 16.4. The number of benzene rings is 2. The molecule has 1 unspecified atom stereocenters. The first-order chi connectivity index (χ1) is 11.3. The molecular weight excluding hydrogens is 305 g/mol. The second-order valence-electron chi connectivity index (χ2n) is 7.01.